The second-order valence-corrected chi connectivity index (χ2v) is 5.56. The Morgan fingerprint density at radius 2 is 2.06 bits per heavy atom. The minimum absolute atomic E-state index is 0.196. The van der Waals surface area contributed by atoms with Crippen LogP contribution < -0.4 is 4.74 Å². The highest BCUT2D eigenvalue weighted by molar-refractivity contribution is 7.85. The summed E-state index contributed by atoms with van der Waals surface area (Å²) in [6, 6.07) is 9.33. The first-order valence-electron chi connectivity index (χ1n) is 5.93. The summed E-state index contributed by atoms with van der Waals surface area (Å²) in [6.45, 7) is 2.26. The lowest BCUT2D eigenvalue weighted by atomic mass is 10.3. The van der Waals surface area contributed by atoms with Crippen molar-refractivity contribution in [2.75, 3.05) is 18.1 Å². The van der Waals surface area contributed by atoms with Crippen LogP contribution in [0.2, 0.25) is 0 Å². The van der Waals surface area contributed by atoms with Crippen LogP contribution in [0.4, 0.5) is 0 Å². The molecule has 17 heavy (non-hydrogen) atoms. The molecule has 0 spiro atoms. The molecule has 0 heterocycles. The van der Waals surface area contributed by atoms with Gasteiger partial charge in [-0.3, -0.25) is 4.21 Å². The Hall–Kier alpha value is -0.870. The van der Waals surface area contributed by atoms with E-state index in [1.807, 2.05) is 30.3 Å². The van der Waals surface area contributed by atoms with Gasteiger partial charge in [-0.15, -0.1) is 0 Å². The van der Waals surface area contributed by atoms with Crippen LogP contribution in [0.1, 0.15) is 19.8 Å². The molecule has 0 aliphatic heterocycles. The topological polar surface area (TPSA) is 46.5 Å². The number of ether oxygens (including phenoxy) is 1. The van der Waals surface area contributed by atoms with E-state index in [1.54, 1.807) is 0 Å². The van der Waals surface area contributed by atoms with Gasteiger partial charge in [0.25, 0.3) is 0 Å². The number of aliphatic hydroxyl groups excluding tert-OH is 1. The molecule has 1 aromatic carbocycles. The smallest absolute Gasteiger partial charge is 0.119 e. The van der Waals surface area contributed by atoms with Gasteiger partial charge in [-0.25, -0.2) is 0 Å². The Morgan fingerprint density at radius 1 is 1.35 bits per heavy atom. The van der Waals surface area contributed by atoms with Gasteiger partial charge in [-0.05, 0) is 18.6 Å². The molecule has 2 atom stereocenters. The van der Waals surface area contributed by atoms with E-state index in [4.69, 9.17) is 4.74 Å². The summed E-state index contributed by atoms with van der Waals surface area (Å²) in [5.41, 5.74) is 0. The molecule has 0 amide bonds. The molecule has 0 saturated carbocycles. The van der Waals surface area contributed by atoms with Crippen LogP contribution in [0, 0.1) is 0 Å². The molecular formula is C13H20O3S. The van der Waals surface area contributed by atoms with Crippen molar-refractivity contribution >= 4 is 10.8 Å². The highest BCUT2D eigenvalue weighted by Crippen LogP contribution is 2.08. The van der Waals surface area contributed by atoms with Crippen molar-refractivity contribution in [2.24, 2.45) is 0 Å². The fraction of sp³-hybridized carbons (Fsp3) is 0.538. The lowest BCUT2D eigenvalue weighted by molar-refractivity contribution is 0.125. The Balaban J connectivity index is 2.21. The van der Waals surface area contributed by atoms with Crippen LogP contribution in [-0.2, 0) is 10.8 Å². The van der Waals surface area contributed by atoms with Crippen molar-refractivity contribution in [3.8, 4) is 5.75 Å². The van der Waals surface area contributed by atoms with Gasteiger partial charge in [0.15, 0.2) is 0 Å². The molecule has 0 radical (unpaired) electrons. The first-order valence-corrected chi connectivity index (χ1v) is 7.42. The number of benzene rings is 1. The maximum Gasteiger partial charge on any atom is 0.119 e. The Kier molecular flexibility index (Phi) is 6.89. The SMILES string of the molecule is CCCC[S@](=O)C[C@@H](O)COc1ccccc1. The maximum absolute atomic E-state index is 11.5. The van der Waals surface area contributed by atoms with Crippen molar-refractivity contribution in [3.05, 3.63) is 30.3 Å². The van der Waals surface area contributed by atoms with Gasteiger partial charge in [-0.2, -0.15) is 0 Å². The first kappa shape index (κ1) is 14.2. The summed E-state index contributed by atoms with van der Waals surface area (Å²) < 4.78 is 16.9. The minimum atomic E-state index is -0.938. The molecule has 96 valence electrons. The molecule has 3 nitrogen and oxygen atoms in total. The summed E-state index contributed by atoms with van der Waals surface area (Å²) in [6.07, 6.45) is 1.31. The highest BCUT2D eigenvalue weighted by Gasteiger charge is 2.09. The van der Waals surface area contributed by atoms with E-state index in [0.717, 1.165) is 18.6 Å². The predicted molar refractivity (Wildman–Crippen MR) is 70.7 cm³/mol. The van der Waals surface area contributed by atoms with Crippen molar-refractivity contribution in [3.63, 3.8) is 0 Å². The average Bonchev–Trinajstić information content (AvgIpc) is 2.35. The zero-order chi connectivity index (χ0) is 12.5. The predicted octanol–water partition coefficient (Wildman–Crippen LogP) is 1.98. The van der Waals surface area contributed by atoms with E-state index in [9.17, 15) is 9.32 Å². The molecule has 0 aliphatic rings. The second kappa shape index (κ2) is 8.25. The number of rotatable bonds is 8. The fourth-order valence-corrected chi connectivity index (χ4v) is 2.66. The van der Waals surface area contributed by atoms with Crippen LogP contribution in [0.25, 0.3) is 0 Å². The van der Waals surface area contributed by atoms with Crippen molar-refractivity contribution in [1.29, 1.82) is 0 Å². The third-order valence-corrected chi connectivity index (χ3v) is 3.79. The van der Waals surface area contributed by atoms with Crippen LogP contribution >= 0.6 is 0 Å². The molecule has 0 fully saturated rings. The van der Waals surface area contributed by atoms with E-state index in [0.29, 0.717) is 11.5 Å². The van der Waals surface area contributed by atoms with Crippen molar-refractivity contribution in [2.45, 2.75) is 25.9 Å². The maximum atomic E-state index is 11.5. The van der Waals surface area contributed by atoms with Gasteiger partial charge in [0.1, 0.15) is 12.4 Å². The molecule has 0 saturated heterocycles. The molecule has 0 unspecified atom stereocenters. The van der Waals surface area contributed by atoms with E-state index in [1.165, 1.54) is 0 Å². The van der Waals surface area contributed by atoms with Crippen molar-refractivity contribution < 1.29 is 14.1 Å². The minimum Gasteiger partial charge on any atom is -0.491 e. The summed E-state index contributed by atoms with van der Waals surface area (Å²) in [5, 5.41) is 9.66. The average molecular weight is 256 g/mol. The molecule has 4 heteroatoms. The van der Waals surface area contributed by atoms with Crippen LogP contribution in [0.5, 0.6) is 5.75 Å². The number of para-hydroxylation sites is 1. The Labute approximate surface area is 105 Å². The van der Waals surface area contributed by atoms with Gasteiger partial charge >= 0.3 is 0 Å². The molecular weight excluding hydrogens is 236 g/mol. The van der Waals surface area contributed by atoms with E-state index in [-0.39, 0.29) is 6.61 Å². The Morgan fingerprint density at radius 3 is 2.71 bits per heavy atom. The first-order chi connectivity index (χ1) is 8.22. The molecule has 1 aromatic rings. The van der Waals surface area contributed by atoms with Crippen LogP contribution in [0.3, 0.4) is 0 Å². The number of aliphatic hydroxyl groups is 1. The van der Waals surface area contributed by atoms with E-state index in [2.05, 4.69) is 6.92 Å². The largest absolute Gasteiger partial charge is 0.491 e. The normalized spacial score (nSPS) is 14.2. The third-order valence-electron chi connectivity index (χ3n) is 2.29. The molecule has 0 bridgehead atoms. The summed E-state index contributed by atoms with van der Waals surface area (Å²) in [7, 11) is -0.938. The molecule has 1 rings (SSSR count). The van der Waals surface area contributed by atoms with Crippen LogP contribution in [-0.4, -0.2) is 33.5 Å². The van der Waals surface area contributed by atoms with Crippen molar-refractivity contribution in [1.82, 2.24) is 0 Å². The number of unbranched alkanes of at least 4 members (excludes halogenated alkanes) is 1. The fourth-order valence-electron chi connectivity index (χ4n) is 1.36. The van der Waals surface area contributed by atoms with E-state index < -0.39 is 16.9 Å². The van der Waals surface area contributed by atoms with Gasteiger partial charge in [0.2, 0.25) is 0 Å². The zero-order valence-corrected chi connectivity index (χ0v) is 11.0. The number of hydrogen-bond donors (Lipinski definition) is 1. The third kappa shape index (κ3) is 6.44. The second-order valence-electron chi connectivity index (χ2n) is 3.94. The van der Waals surface area contributed by atoms with Gasteiger partial charge in [0, 0.05) is 16.6 Å². The Bertz CT molecular complexity index is 327. The lowest BCUT2D eigenvalue weighted by Gasteiger charge is -2.11. The van der Waals surface area contributed by atoms with Gasteiger partial charge in [0.05, 0.1) is 11.9 Å². The van der Waals surface area contributed by atoms with Gasteiger partial charge in [-0.1, -0.05) is 31.5 Å². The van der Waals surface area contributed by atoms with Gasteiger partial charge < -0.3 is 9.84 Å². The van der Waals surface area contributed by atoms with Crippen LogP contribution in [0.15, 0.2) is 30.3 Å². The molecule has 1 N–H and O–H groups in total. The standard InChI is InChI=1S/C13H20O3S/c1-2-3-9-17(15)11-12(14)10-16-13-7-5-4-6-8-13/h4-8,12,14H,2-3,9-11H2,1H3/t12-,17-/m0/s1. The summed E-state index contributed by atoms with van der Waals surface area (Å²) in [4.78, 5) is 0. The monoisotopic (exact) mass is 256 g/mol. The number of hydrogen-bond acceptors (Lipinski definition) is 3. The highest BCUT2D eigenvalue weighted by atomic mass is 32.2. The summed E-state index contributed by atoms with van der Waals surface area (Å²) >= 11 is 0. The zero-order valence-electron chi connectivity index (χ0n) is 10.2. The van der Waals surface area contributed by atoms with E-state index >= 15 is 0 Å². The molecule has 0 aromatic heterocycles. The summed E-state index contributed by atoms with van der Waals surface area (Å²) in [5.74, 6) is 1.69. The quantitative estimate of drug-likeness (QED) is 0.773. The molecule has 0 aliphatic carbocycles. The lowest BCUT2D eigenvalue weighted by Crippen LogP contribution is -2.25.